The first-order chi connectivity index (χ1) is 10.0. The normalized spacial score (nSPS) is 10.2. The third-order valence-corrected chi connectivity index (χ3v) is 3.73. The van der Waals surface area contributed by atoms with Crippen molar-refractivity contribution in [1.29, 1.82) is 0 Å². The summed E-state index contributed by atoms with van der Waals surface area (Å²) in [7, 11) is 1.47. The van der Waals surface area contributed by atoms with E-state index in [2.05, 4.69) is 21.2 Å². The first kappa shape index (κ1) is 15.6. The fourth-order valence-corrected chi connectivity index (χ4v) is 2.54. The number of anilines is 1. The van der Waals surface area contributed by atoms with Gasteiger partial charge in [-0.25, -0.2) is 0 Å². The maximum atomic E-state index is 10.7. The molecule has 110 valence electrons. The minimum absolute atomic E-state index is 0.0147. The number of methoxy groups -OCH3 is 1. The number of nitro groups is 1. The monoisotopic (exact) mass is 370 g/mol. The van der Waals surface area contributed by atoms with Crippen molar-refractivity contribution in [1.82, 2.24) is 0 Å². The van der Waals surface area contributed by atoms with E-state index in [1.165, 1.54) is 19.2 Å². The van der Waals surface area contributed by atoms with Gasteiger partial charge in [0.2, 0.25) is 0 Å². The smallest absolute Gasteiger partial charge is 0.273 e. The molecular weight excluding hydrogens is 360 g/mol. The van der Waals surface area contributed by atoms with Gasteiger partial charge < -0.3 is 10.1 Å². The van der Waals surface area contributed by atoms with Gasteiger partial charge in [0.1, 0.15) is 5.75 Å². The molecule has 0 atom stereocenters. The van der Waals surface area contributed by atoms with E-state index in [0.717, 1.165) is 10.0 Å². The van der Waals surface area contributed by atoms with Gasteiger partial charge in [-0.2, -0.15) is 0 Å². The summed E-state index contributed by atoms with van der Waals surface area (Å²) < 4.78 is 6.07. The van der Waals surface area contributed by atoms with Crippen LogP contribution < -0.4 is 10.1 Å². The van der Waals surface area contributed by atoms with Crippen molar-refractivity contribution in [2.45, 2.75) is 6.54 Å². The lowest BCUT2D eigenvalue weighted by Crippen LogP contribution is -2.02. The first-order valence-corrected chi connectivity index (χ1v) is 7.18. The van der Waals surface area contributed by atoms with E-state index in [1.54, 1.807) is 6.07 Å². The van der Waals surface area contributed by atoms with Crippen LogP contribution in [-0.4, -0.2) is 12.0 Å². The van der Waals surface area contributed by atoms with Gasteiger partial charge >= 0.3 is 0 Å². The van der Waals surface area contributed by atoms with Crippen LogP contribution in [0.5, 0.6) is 5.75 Å². The van der Waals surface area contributed by atoms with Gasteiger partial charge in [-0.05, 0) is 23.8 Å². The lowest BCUT2D eigenvalue weighted by Gasteiger charge is -2.12. The number of halogens is 2. The van der Waals surface area contributed by atoms with Crippen LogP contribution in [0.25, 0.3) is 0 Å². The van der Waals surface area contributed by atoms with Gasteiger partial charge in [0.25, 0.3) is 5.69 Å². The summed E-state index contributed by atoms with van der Waals surface area (Å²) in [6, 6.07) is 10.0. The lowest BCUT2D eigenvalue weighted by molar-refractivity contribution is -0.384. The number of non-ortho nitro benzene ring substituents is 1. The molecule has 2 aromatic rings. The molecule has 0 saturated carbocycles. The molecule has 0 heterocycles. The minimum atomic E-state index is -0.460. The topological polar surface area (TPSA) is 64.4 Å². The summed E-state index contributed by atoms with van der Waals surface area (Å²) in [6.07, 6.45) is 0. The van der Waals surface area contributed by atoms with E-state index in [1.807, 2.05) is 18.2 Å². The van der Waals surface area contributed by atoms with Crippen molar-refractivity contribution in [3.8, 4) is 5.75 Å². The molecule has 0 saturated heterocycles. The van der Waals surface area contributed by atoms with Crippen LogP contribution in [0.3, 0.4) is 0 Å². The lowest BCUT2D eigenvalue weighted by atomic mass is 10.2. The van der Waals surface area contributed by atoms with E-state index in [9.17, 15) is 10.1 Å². The minimum Gasteiger partial charge on any atom is -0.494 e. The highest BCUT2D eigenvalue weighted by atomic mass is 79.9. The van der Waals surface area contributed by atoms with Gasteiger partial charge in [0.15, 0.2) is 0 Å². The third-order valence-electron chi connectivity index (χ3n) is 2.88. The molecule has 0 aliphatic carbocycles. The molecule has 0 fully saturated rings. The standard InChI is InChI=1S/C14H12BrClN2O3/c1-21-14-7-11(18(19)20)4-5-13(14)17-8-9-2-3-10(15)6-12(9)16/h2-7,17H,8H2,1H3. The molecule has 0 unspecified atom stereocenters. The van der Waals surface area contributed by atoms with Crippen molar-refractivity contribution in [3.63, 3.8) is 0 Å². The maximum Gasteiger partial charge on any atom is 0.273 e. The molecule has 5 nitrogen and oxygen atoms in total. The summed E-state index contributed by atoms with van der Waals surface area (Å²) in [4.78, 5) is 10.3. The molecule has 21 heavy (non-hydrogen) atoms. The van der Waals surface area contributed by atoms with E-state index in [4.69, 9.17) is 16.3 Å². The molecule has 7 heteroatoms. The Morgan fingerprint density at radius 1 is 1.33 bits per heavy atom. The Balaban J connectivity index is 2.17. The third kappa shape index (κ3) is 3.86. The predicted octanol–water partition coefficient (Wildman–Crippen LogP) is 4.63. The molecule has 0 bridgehead atoms. The van der Waals surface area contributed by atoms with Gasteiger partial charge in [-0.15, -0.1) is 0 Å². The fraction of sp³-hybridized carbons (Fsp3) is 0.143. The highest BCUT2D eigenvalue weighted by Gasteiger charge is 2.11. The van der Waals surface area contributed by atoms with E-state index < -0.39 is 4.92 Å². The van der Waals surface area contributed by atoms with E-state index in [-0.39, 0.29) is 5.69 Å². The average molecular weight is 372 g/mol. The zero-order valence-corrected chi connectivity index (χ0v) is 13.4. The first-order valence-electron chi connectivity index (χ1n) is 6.01. The van der Waals surface area contributed by atoms with Crippen molar-refractivity contribution < 1.29 is 9.66 Å². The number of hydrogen-bond acceptors (Lipinski definition) is 4. The van der Waals surface area contributed by atoms with Crippen LogP contribution in [0.15, 0.2) is 40.9 Å². The second-order valence-electron chi connectivity index (χ2n) is 4.23. The molecule has 0 aliphatic rings. The second kappa shape index (κ2) is 6.78. The van der Waals surface area contributed by atoms with Crippen molar-refractivity contribution >= 4 is 38.9 Å². The van der Waals surface area contributed by atoms with Crippen LogP contribution in [-0.2, 0) is 6.54 Å². The largest absolute Gasteiger partial charge is 0.494 e. The number of nitrogens with one attached hydrogen (secondary N) is 1. The van der Waals surface area contributed by atoms with Gasteiger partial charge in [0, 0.05) is 22.1 Å². The Morgan fingerprint density at radius 2 is 2.10 bits per heavy atom. The van der Waals surface area contributed by atoms with E-state index in [0.29, 0.717) is 23.0 Å². The van der Waals surface area contributed by atoms with E-state index >= 15 is 0 Å². The molecule has 0 spiro atoms. The molecule has 1 N–H and O–H groups in total. The number of nitrogens with zero attached hydrogens (tertiary/aromatic N) is 1. The van der Waals surface area contributed by atoms with Crippen LogP contribution in [0.2, 0.25) is 5.02 Å². The quantitative estimate of drug-likeness (QED) is 0.614. The molecule has 0 radical (unpaired) electrons. The number of nitro benzene ring substituents is 1. The summed E-state index contributed by atoms with van der Waals surface area (Å²) >= 11 is 9.49. The Labute approximate surface area is 135 Å². The second-order valence-corrected chi connectivity index (χ2v) is 5.55. The van der Waals surface area contributed by atoms with Crippen LogP contribution >= 0.6 is 27.5 Å². The SMILES string of the molecule is COc1cc([N+](=O)[O-])ccc1NCc1ccc(Br)cc1Cl. The van der Waals surface area contributed by atoms with Crippen LogP contribution in [0.1, 0.15) is 5.56 Å². The molecular formula is C14H12BrClN2O3. The van der Waals surface area contributed by atoms with Gasteiger partial charge in [0.05, 0.1) is 23.8 Å². The van der Waals surface area contributed by atoms with Crippen molar-refractivity contribution in [2.75, 3.05) is 12.4 Å². The number of rotatable bonds is 5. The summed E-state index contributed by atoms with van der Waals surface area (Å²) in [5.41, 5.74) is 1.57. The van der Waals surface area contributed by atoms with Gasteiger partial charge in [-0.1, -0.05) is 33.6 Å². The van der Waals surface area contributed by atoms with Crippen LogP contribution in [0, 0.1) is 10.1 Å². The molecule has 2 rings (SSSR count). The summed E-state index contributed by atoms with van der Waals surface area (Å²) in [5, 5.41) is 14.5. The molecule has 2 aromatic carbocycles. The molecule has 0 aliphatic heterocycles. The summed E-state index contributed by atoms with van der Waals surface area (Å²) in [5.74, 6) is 0.414. The molecule has 0 amide bonds. The number of hydrogen-bond donors (Lipinski definition) is 1. The average Bonchev–Trinajstić information content (AvgIpc) is 2.46. The molecule has 0 aromatic heterocycles. The number of benzene rings is 2. The van der Waals surface area contributed by atoms with Crippen molar-refractivity contribution in [2.24, 2.45) is 0 Å². The maximum absolute atomic E-state index is 10.7. The Hall–Kier alpha value is -1.79. The highest BCUT2D eigenvalue weighted by molar-refractivity contribution is 9.10. The van der Waals surface area contributed by atoms with Crippen molar-refractivity contribution in [3.05, 3.63) is 61.6 Å². The Bertz CT molecular complexity index is 679. The fourth-order valence-electron chi connectivity index (χ4n) is 1.80. The number of ether oxygens (including phenoxy) is 1. The van der Waals surface area contributed by atoms with Gasteiger partial charge in [-0.3, -0.25) is 10.1 Å². The Kier molecular flexibility index (Phi) is 5.03. The highest BCUT2D eigenvalue weighted by Crippen LogP contribution is 2.30. The Morgan fingerprint density at radius 3 is 2.71 bits per heavy atom. The summed E-state index contributed by atoms with van der Waals surface area (Å²) in [6.45, 7) is 0.486. The zero-order chi connectivity index (χ0) is 15.4. The zero-order valence-electron chi connectivity index (χ0n) is 11.1. The van der Waals surface area contributed by atoms with Crippen LogP contribution in [0.4, 0.5) is 11.4 Å². The predicted molar refractivity (Wildman–Crippen MR) is 86.1 cm³/mol.